The first-order chi connectivity index (χ1) is 16.2. The van der Waals surface area contributed by atoms with Crippen LogP contribution in [0, 0.1) is 19.8 Å². The highest BCUT2D eigenvalue weighted by Crippen LogP contribution is 2.37. The lowest BCUT2D eigenvalue weighted by molar-refractivity contribution is -0.308. The van der Waals surface area contributed by atoms with Gasteiger partial charge in [0.25, 0.3) is 0 Å². The number of rotatable bonds is 7. The monoisotopic (exact) mass is 460 g/mol. The normalized spacial score (nSPS) is 12.4. The highest BCUT2D eigenvalue weighted by molar-refractivity contribution is 6.03. The summed E-state index contributed by atoms with van der Waals surface area (Å²) in [6.07, 6.45) is -0.0561. The van der Waals surface area contributed by atoms with E-state index in [-0.39, 0.29) is 24.3 Å². The summed E-state index contributed by atoms with van der Waals surface area (Å²) in [5, 5.41) is 15.4. The van der Waals surface area contributed by atoms with Crippen molar-refractivity contribution in [3.63, 3.8) is 0 Å². The fourth-order valence-electron chi connectivity index (χ4n) is 4.36. The van der Waals surface area contributed by atoms with E-state index in [2.05, 4.69) is 5.32 Å². The van der Waals surface area contributed by atoms with E-state index in [1.54, 1.807) is 13.0 Å². The predicted octanol–water partition coefficient (Wildman–Crippen LogP) is 3.65. The van der Waals surface area contributed by atoms with E-state index in [1.807, 2.05) is 57.2 Å². The number of amides is 1. The number of carboxylic acid groups (broad SMARTS) is 1. The van der Waals surface area contributed by atoms with Crippen molar-refractivity contribution in [1.29, 1.82) is 0 Å². The average Bonchev–Trinajstić information content (AvgIpc) is 3.09. The average molecular weight is 461 g/mol. The Morgan fingerprint density at radius 3 is 2.32 bits per heavy atom. The summed E-state index contributed by atoms with van der Waals surface area (Å²) >= 11 is 0. The van der Waals surface area contributed by atoms with Gasteiger partial charge in [0.2, 0.25) is 5.91 Å². The fourth-order valence-corrected chi connectivity index (χ4v) is 4.36. The fraction of sp³-hybridized carbons (Fsp3) is 0.296. The van der Waals surface area contributed by atoms with Crippen LogP contribution in [-0.2, 0) is 16.0 Å². The number of hydrogen-bond donors (Lipinski definition) is 1. The number of aliphatic carboxylic acids is 1. The lowest BCUT2D eigenvalue weighted by atomic mass is 9.98. The molecule has 1 N–H and O–H groups in total. The minimum Gasteiger partial charge on any atom is -0.548 e. The number of hydrogen-bond acceptors (Lipinski definition) is 6. The van der Waals surface area contributed by atoms with Gasteiger partial charge in [-0.3, -0.25) is 4.79 Å². The first-order valence-electron chi connectivity index (χ1n) is 11.2. The van der Waals surface area contributed by atoms with Gasteiger partial charge in [-0.2, -0.15) is 0 Å². The van der Waals surface area contributed by atoms with E-state index in [1.165, 1.54) is 0 Å². The molecule has 4 aromatic rings. The van der Waals surface area contributed by atoms with E-state index >= 15 is 0 Å². The van der Waals surface area contributed by atoms with Gasteiger partial charge in [0, 0.05) is 22.4 Å². The van der Waals surface area contributed by atoms with Crippen molar-refractivity contribution in [2.24, 2.45) is 5.92 Å². The van der Waals surface area contributed by atoms with Crippen LogP contribution in [0.3, 0.4) is 0 Å². The number of furan rings is 1. The topological polar surface area (TPSA) is 113 Å². The molecule has 2 aromatic heterocycles. The largest absolute Gasteiger partial charge is 0.548 e. The standard InChI is InChI=1S/C27H27NO6/c1-14(2)10-21(26(30)31)28-24(29)12-19-15(3)18-11-20-23(13-22(18)34-27(19)32)33-16(4)25(20)17-8-6-5-7-9-17/h5-9,11,13-14,21H,10,12H2,1-4H3,(H,28,29)(H,30,31)/p-1/t21-/m0/s1. The molecule has 1 atom stereocenters. The quantitative estimate of drug-likeness (QED) is 0.421. The second-order valence-electron chi connectivity index (χ2n) is 8.98. The van der Waals surface area contributed by atoms with Gasteiger partial charge >= 0.3 is 5.63 Å². The summed E-state index contributed by atoms with van der Waals surface area (Å²) in [6.45, 7) is 7.35. The first-order valence-corrected chi connectivity index (χ1v) is 11.2. The van der Waals surface area contributed by atoms with Gasteiger partial charge in [-0.1, -0.05) is 44.2 Å². The lowest BCUT2D eigenvalue weighted by Crippen LogP contribution is -2.49. The second-order valence-corrected chi connectivity index (χ2v) is 8.98. The molecule has 2 aromatic carbocycles. The molecule has 34 heavy (non-hydrogen) atoms. The molecule has 0 saturated carbocycles. The Hall–Kier alpha value is -3.87. The summed E-state index contributed by atoms with van der Waals surface area (Å²) in [5.41, 5.74) is 3.07. The SMILES string of the molecule is Cc1oc2cc3oc(=O)c(CC(=O)N[C@@H](CC(C)C)C(=O)[O-])c(C)c3cc2c1-c1ccccc1. The molecule has 0 radical (unpaired) electrons. The number of carbonyl (C=O) groups excluding carboxylic acids is 2. The summed E-state index contributed by atoms with van der Waals surface area (Å²) in [7, 11) is 0. The zero-order valence-electron chi connectivity index (χ0n) is 19.6. The molecular weight excluding hydrogens is 434 g/mol. The molecule has 0 saturated heterocycles. The number of nitrogens with one attached hydrogen (secondary N) is 1. The Balaban J connectivity index is 1.76. The predicted molar refractivity (Wildman–Crippen MR) is 127 cm³/mol. The van der Waals surface area contributed by atoms with Crippen molar-refractivity contribution in [1.82, 2.24) is 5.32 Å². The number of benzene rings is 2. The molecule has 0 bridgehead atoms. The van der Waals surface area contributed by atoms with Crippen LogP contribution in [0.25, 0.3) is 33.1 Å². The van der Waals surface area contributed by atoms with Gasteiger partial charge in [-0.15, -0.1) is 0 Å². The number of aryl methyl sites for hydroxylation is 2. The lowest BCUT2D eigenvalue weighted by Gasteiger charge is -2.21. The van der Waals surface area contributed by atoms with Gasteiger partial charge in [-0.25, -0.2) is 4.79 Å². The summed E-state index contributed by atoms with van der Waals surface area (Å²) in [4.78, 5) is 36.7. The Kier molecular flexibility index (Phi) is 6.28. The van der Waals surface area contributed by atoms with E-state index in [0.717, 1.165) is 22.3 Å². The molecule has 7 nitrogen and oxygen atoms in total. The van der Waals surface area contributed by atoms with Crippen LogP contribution in [0.2, 0.25) is 0 Å². The molecule has 2 heterocycles. The summed E-state index contributed by atoms with van der Waals surface area (Å²) in [6, 6.07) is 12.3. The third kappa shape index (κ3) is 4.46. The molecule has 1 amide bonds. The molecule has 0 unspecified atom stereocenters. The minimum atomic E-state index is -1.35. The maximum atomic E-state index is 12.7. The van der Waals surface area contributed by atoms with Crippen molar-refractivity contribution >= 4 is 33.8 Å². The number of carboxylic acids is 1. The molecule has 0 spiro atoms. The van der Waals surface area contributed by atoms with Crippen molar-refractivity contribution in [3.05, 3.63) is 69.8 Å². The van der Waals surface area contributed by atoms with Crippen molar-refractivity contribution in [2.45, 2.75) is 46.6 Å². The van der Waals surface area contributed by atoms with Gasteiger partial charge < -0.3 is 24.1 Å². The molecule has 176 valence electrons. The molecular formula is C27H26NO6-. The van der Waals surface area contributed by atoms with Crippen molar-refractivity contribution < 1.29 is 23.5 Å². The van der Waals surface area contributed by atoms with E-state index in [0.29, 0.717) is 22.1 Å². The van der Waals surface area contributed by atoms with Crippen LogP contribution in [0.5, 0.6) is 0 Å². The van der Waals surface area contributed by atoms with Gasteiger partial charge in [0.15, 0.2) is 0 Å². The maximum Gasteiger partial charge on any atom is 0.340 e. The van der Waals surface area contributed by atoms with Crippen LogP contribution in [0.1, 0.15) is 37.2 Å². The molecule has 7 heteroatoms. The third-order valence-corrected chi connectivity index (χ3v) is 6.00. The minimum absolute atomic E-state index is 0.0512. The molecule has 0 aliphatic heterocycles. The highest BCUT2D eigenvalue weighted by Gasteiger charge is 2.21. The van der Waals surface area contributed by atoms with Gasteiger partial charge in [0.05, 0.1) is 24.0 Å². The van der Waals surface area contributed by atoms with Crippen LogP contribution < -0.4 is 16.0 Å². The summed E-state index contributed by atoms with van der Waals surface area (Å²) < 4.78 is 11.5. The molecule has 0 fully saturated rings. The highest BCUT2D eigenvalue weighted by atomic mass is 16.4. The Bertz CT molecular complexity index is 1450. The van der Waals surface area contributed by atoms with Gasteiger partial charge in [-0.05, 0) is 43.4 Å². The maximum absolute atomic E-state index is 12.7. The zero-order valence-corrected chi connectivity index (χ0v) is 19.6. The molecule has 4 rings (SSSR count). The molecule has 0 aliphatic carbocycles. The van der Waals surface area contributed by atoms with Crippen molar-refractivity contribution in [3.8, 4) is 11.1 Å². The third-order valence-electron chi connectivity index (χ3n) is 6.00. The molecule has 0 aliphatic rings. The van der Waals surface area contributed by atoms with Gasteiger partial charge in [0.1, 0.15) is 16.9 Å². The summed E-state index contributed by atoms with van der Waals surface area (Å²) in [5.74, 6) is -1.13. The number of fused-ring (bicyclic) bond motifs is 2. The smallest absolute Gasteiger partial charge is 0.340 e. The van der Waals surface area contributed by atoms with E-state index in [4.69, 9.17) is 8.83 Å². The van der Waals surface area contributed by atoms with E-state index < -0.39 is 23.5 Å². The Labute approximate surface area is 196 Å². The Morgan fingerprint density at radius 2 is 1.68 bits per heavy atom. The Morgan fingerprint density at radius 1 is 1.00 bits per heavy atom. The van der Waals surface area contributed by atoms with Crippen LogP contribution in [0.4, 0.5) is 0 Å². The first kappa shape index (κ1) is 23.3. The van der Waals surface area contributed by atoms with Crippen molar-refractivity contribution in [2.75, 3.05) is 0 Å². The zero-order chi connectivity index (χ0) is 24.6. The van der Waals surface area contributed by atoms with Crippen LogP contribution >= 0.6 is 0 Å². The van der Waals surface area contributed by atoms with E-state index in [9.17, 15) is 19.5 Å². The second kappa shape index (κ2) is 9.17. The number of carbonyl (C=O) groups is 2. The van der Waals surface area contributed by atoms with Crippen LogP contribution in [-0.4, -0.2) is 17.9 Å². The van der Waals surface area contributed by atoms with Crippen LogP contribution in [0.15, 0.2) is 56.1 Å².